The lowest BCUT2D eigenvalue weighted by Gasteiger charge is -2.17. The summed E-state index contributed by atoms with van der Waals surface area (Å²) < 4.78 is 13.0. The zero-order chi connectivity index (χ0) is 18.6. The molecule has 0 bridgehead atoms. The molecule has 3 N–H and O–H groups in total. The Bertz CT molecular complexity index is 814. The van der Waals surface area contributed by atoms with E-state index < -0.39 is 11.9 Å². The van der Waals surface area contributed by atoms with Gasteiger partial charge >= 0.3 is 0 Å². The molecule has 0 aliphatic carbocycles. The van der Waals surface area contributed by atoms with E-state index in [-0.39, 0.29) is 16.8 Å². The fraction of sp³-hybridized carbons (Fsp3) is 0.176. The molecule has 5 nitrogen and oxygen atoms in total. The highest BCUT2D eigenvalue weighted by atomic mass is 35.5. The third-order valence-corrected chi connectivity index (χ3v) is 3.87. The Labute approximate surface area is 154 Å². The number of carbonyl (C=O) groups is 2. The first kappa shape index (κ1) is 19.0. The fourth-order valence-corrected chi connectivity index (χ4v) is 2.49. The standard InChI is InChI=1S/C17H16Cl2FN3O2/c1-9(17(25)23-16-5-3-11(20)7-13(16)18)21-12-4-6-15(14(19)8-12)22-10(2)24/h3-9,21H,1-2H3,(H,22,24)(H,23,25). The van der Waals surface area contributed by atoms with Gasteiger partial charge in [0.05, 0.1) is 21.4 Å². The summed E-state index contributed by atoms with van der Waals surface area (Å²) in [4.78, 5) is 23.3. The largest absolute Gasteiger partial charge is 0.374 e. The number of rotatable bonds is 5. The smallest absolute Gasteiger partial charge is 0.246 e. The molecule has 0 spiro atoms. The summed E-state index contributed by atoms with van der Waals surface area (Å²) >= 11 is 12.0. The number of halogens is 3. The predicted molar refractivity (Wildman–Crippen MR) is 98.9 cm³/mol. The van der Waals surface area contributed by atoms with Crippen molar-refractivity contribution in [2.24, 2.45) is 0 Å². The first-order chi connectivity index (χ1) is 11.8. The van der Waals surface area contributed by atoms with E-state index >= 15 is 0 Å². The number of carbonyl (C=O) groups excluding carboxylic acids is 2. The van der Waals surface area contributed by atoms with Crippen molar-refractivity contribution in [1.29, 1.82) is 0 Å². The summed E-state index contributed by atoms with van der Waals surface area (Å²) in [6.45, 7) is 3.04. The van der Waals surface area contributed by atoms with Crippen molar-refractivity contribution >= 4 is 52.1 Å². The van der Waals surface area contributed by atoms with Gasteiger partial charge in [-0.3, -0.25) is 9.59 Å². The maximum Gasteiger partial charge on any atom is 0.246 e. The van der Waals surface area contributed by atoms with E-state index in [1.165, 1.54) is 19.1 Å². The summed E-state index contributed by atoms with van der Waals surface area (Å²) in [6, 6.07) is 8.03. The molecule has 0 aliphatic rings. The molecule has 0 radical (unpaired) electrons. The molecule has 1 unspecified atom stereocenters. The average Bonchev–Trinajstić information content (AvgIpc) is 2.52. The average molecular weight is 384 g/mol. The first-order valence-corrected chi connectivity index (χ1v) is 8.11. The van der Waals surface area contributed by atoms with Gasteiger partial charge in [0.2, 0.25) is 11.8 Å². The maximum absolute atomic E-state index is 13.0. The molecule has 1 atom stereocenters. The Balaban J connectivity index is 2.03. The highest BCUT2D eigenvalue weighted by molar-refractivity contribution is 6.34. The monoisotopic (exact) mass is 383 g/mol. The SMILES string of the molecule is CC(=O)Nc1ccc(NC(C)C(=O)Nc2ccc(F)cc2Cl)cc1Cl. The molecular weight excluding hydrogens is 368 g/mol. The minimum atomic E-state index is -0.608. The van der Waals surface area contributed by atoms with Crippen molar-refractivity contribution in [3.63, 3.8) is 0 Å². The van der Waals surface area contributed by atoms with Crippen LogP contribution in [0.25, 0.3) is 0 Å². The van der Waals surface area contributed by atoms with Gasteiger partial charge in [-0.25, -0.2) is 4.39 Å². The zero-order valence-corrected chi connectivity index (χ0v) is 15.0. The number of amides is 2. The van der Waals surface area contributed by atoms with Crippen LogP contribution in [0.5, 0.6) is 0 Å². The van der Waals surface area contributed by atoms with Crippen LogP contribution in [-0.4, -0.2) is 17.9 Å². The zero-order valence-electron chi connectivity index (χ0n) is 13.5. The molecule has 25 heavy (non-hydrogen) atoms. The van der Waals surface area contributed by atoms with Crippen molar-refractivity contribution in [1.82, 2.24) is 0 Å². The summed E-state index contributed by atoms with van der Waals surface area (Å²) in [5, 5.41) is 8.66. The Morgan fingerprint density at radius 1 is 1.00 bits per heavy atom. The van der Waals surface area contributed by atoms with E-state index in [1.54, 1.807) is 25.1 Å². The Kier molecular flexibility index (Phi) is 6.22. The van der Waals surface area contributed by atoms with Crippen molar-refractivity contribution < 1.29 is 14.0 Å². The van der Waals surface area contributed by atoms with Crippen molar-refractivity contribution in [3.8, 4) is 0 Å². The van der Waals surface area contributed by atoms with Crippen LogP contribution in [-0.2, 0) is 9.59 Å². The molecule has 2 rings (SSSR count). The first-order valence-electron chi connectivity index (χ1n) is 7.36. The molecule has 0 aliphatic heterocycles. The van der Waals surface area contributed by atoms with Gasteiger partial charge in [0.25, 0.3) is 0 Å². The molecular formula is C17H16Cl2FN3O2. The normalized spacial score (nSPS) is 11.6. The molecule has 8 heteroatoms. The highest BCUT2D eigenvalue weighted by Crippen LogP contribution is 2.26. The molecule has 2 aromatic carbocycles. The van der Waals surface area contributed by atoms with Crippen molar-refractivity contribution in [2.45, 2.75) is 19.9 Å². The highest BCUT2D eigenvalue weighted by Gasteiger charge is 2.15. The molecule has 0 saturated carbocycles. The molecule has 0 saturated heterocycles. The summed E-state index contributed by atoms with van der Waals surface area (Å²) in [5.74, 6) is -1.06. The molecule has 0 aromatic heterocycles. The molecule has 0 fully saturated rings. The van der Waals surface area contributed by atoms with Crippen molar-refractivity contribution in [2.75, 3.05) is 16.0 Å². The molecule has 0 heterocycles. The van der Waals surface area contributed by atoms with E-state index in [4.69, 9.17) is 23.2 Å². The van der Waals surface area contributed by atoms with Crippen LogP contribution < -0.4 is 16.0 Å². The number of hydrogen-bond acceptors (Lipinski definition) is 3. The van der Waals surface area contributed by atoms with Gasteiger partial charge < -0.3 is 16.0 Å². The maximum atomic E-state index is 13.0. The minimum absolute atomic E-state index is 0.114. The second-order valence-corrected chi connectivity index (χ2v) is 6.17. The second kappa shape index (κ2) is 8.18. The summed E-state index contributed by atoms with van der Waals surface area (Å²) in [5.41, 5.74) is 1.41. The van der Waals surface area contributed by atoms with E-state index in [0.717, 1.165) is 6.07 Å². The quantitative estimate of drug-likeness (QED) is 0.710. The van der Waals surface area contributed by atoms with Crippen LogP contribution in [0.4, 0.5) is 21.5 Å². The van der Waals surface area contributed by atoms with Gasteiger partial charge in [-0.2, -0.15) is 0 Å². The van der Waals surface area contributed by atoms with Gasteiger partial charge in [0.15, 0.2) is 0 Å². The lowest BCUT2D eigenvalue weighted by atomic mass is 10.2. The number of anilines is 3. The number of hydrogen-bond donors (Lipinski definition) is 3. The third kappa shape index (κ3) is 5.34. The molecule has 2 aromatic rings. The molecule has 132 valence electrons. The van der Waals surface area contributed by atoms with Gasteiger partial charge in [0.1, 0.15) is 11.9 Å². The van der Waals surface area contributed by atoms with Gasteiger partial charge in [0, 0.05) is 12.6 Å². The third-order valence-electron chi connectivity index (χ3n) is 3.25. The van der Waals surface area contributed by atoms with Crippen LogP contribution in [0.1, 0.15) is 13.8 Å². The van der Waals surface area contributed by atoms with Crippen LogP contribution in [0.3, 0.4) is 0 Å². The van der Waals surface area contributed by atoms with Crippen LogP contribution in [0, 0.1) is 5.82 Å². The number of nitrogens with one attached hydrogen (secondary N) is 3. The second-order valence-electron chi connectivity index (χ2n) is 5.36. The lowest BCUT2D eigenvalue weighted by Crippen LogP contribution is -2.32. The topological polar surface area (TPSA) is 70.2 Å². The van der Waals surface area contributed by atoms with Crippen LogP contribution in [0.15, 0.2) is 36.4 Å². The van der Waals surface area contributed by atoms with E-state index in [0.29, 0.717) is 22.1 Å². The fourth-order valence-electron chi connectivity index (χ4n) is 2.04. The van der Waals surface area contributed by atoms with Gasteiger partial charge in [-0.1, -0.05) is 23.2 Å². The van der Waals surface area contributed by atoms with Crippen LogP contribution in [0.2, 0.25) is 10.0 Å². The minimum Gasteiger partial charge on any atom is -0.374 e. The van der Waals surface area contributed by atoms with Gasteiger partial charge in [-0.15, -0.1) is 0 Å². The summed E-state index contributed by atoms with van der Waals surface area (Å²) in [7, 11) is 0. The Hall–Kier alpha value is -2.31. The van der Waals surface area contributed by atoms with Crippen LogP contribution >= 0.6 is 23.2 Å². The summed E-state index contributed by atoms with van der Waals surface area (Å²) in [6.07, 6.45) is 0. The Morgan fingerprint density at radius 3 is 2.20 bits per heavy atom. The Morgan fingerprint density at radius 2 is 1.60 bits per heavy atom. The molecule has 2 amide bonds. The van der Waals surface area contributed by atoms with E-state index in [9.17, 15) is 14.0 Å². The predicted octanol–water partition coefficient (Wildman–Crippen LogP) is 4.53. The lowest BCUT2D eigenvalue weighted by molar-refractivity contribution is -0.116. The number of benzene rings is 2. The van der Waals surface area contributed by atoms with E-state index in [2.05, 4.69) is 16.0 Å². The van der Waals surface area contributed by atoms with Crippen molar-refractivity contribution in [3.05, 3.63) is 52.3 Å². The van der Waals surface area contributed by atoms with Gasteiger partial charge in [-0.05, 0) is 43.3 Å². The van der Waals surface area contributed by atoms with E-state index in [1.807, 2.05) is 0 Å².